The molecule has 0 aromatic heterocycles. The highest BCUT2D eigenvalue weighted by Gasteiger charge is 2.21. The zero-order valence-electron chi connectivity index (χ0n) is 17.8. The first-order valence-corrected chi connectivity index (χ1v) is 10.1. The molecule has 27 heavy (non-hydrogen) atoms. The van der Waals surface area contributed by atoms with Gasteiger partial charge in [-0.15, -0.1) is 0 Å². The van der Waals surface area contributed by atoms with Gasteiger partial charge in [0.25, 0.3) is 0 Å². The van der Waals surface area contributed by atoms with Gasteiger partial charge in [0.1, 0.15) is 0 Å². The largest absolute Gasteiger partial charge is 0.383 e. The summed E-state index contributed by atoms with van der Waals surface area (Å²) in [7, 11) is 3.45. The smallest absolute Gasteiger partial charge is 0.234 e. The van der Waals surface area contributed by atoms with Crippen LogP contribution in [-0.2, 0) is 14.3 Å². The molecule has 1 fully saturated rings. The number of aliphatic imine (C=N–C) groups is 1. The maximum atomic E-state index is 11.9. The van der Waals surface area contributed by atoms with Crippen LogP contribution in [0.15, 0.2) is 4.99 Å². The Kier molecular flexibility index (Phi) is 12.0. The van der Waals surface area contributed by atoms with E-state index in [1.165, 1.54) is 0 Å². The lowest BCUT2D eigenvalue weighted by Gasteiger charge is -2.36. The molecule has 0 spiro atoms. The highest BCUT2D eigenvalue weighted by Crippen LogP contribution is 2.10. The summed E-state index contributed by atoms with van der Waals surface area (Å²) < 4.78 is 10.7. The summed E-state index contributed by atoms with van der Waals surface area (Å²) in [5.41, 5.74) is 0. The van der Waals surface area contributed by atoms with Crippen LogP contribution in [0.25, 0.3) is 0 Å². The predicted molar refractivity (Wildman–Crippen MR) is 109 cm³/mol. The van der Waals surface area contributed by atoms with Crippen molar-refractivity contribution in [1.29, 1.82) is 0 Å². The van der Waals surface area contributed by atoms with Crippen LogP contribution in [0.5, 0.6) is 0 Å². The fraction of sp³-hybridized carbons (Fsp3) is 0.895. The van der Waals surface area contributed by atoms with Gasteiger partial charge < -0.3 is 25.0 Å². The SMILES string of the molecule is CCOC(CCNC(=NC)N1CCN(CC(=O)NCCOC)CC1)C(C)C. The maximum absolute atomic E-state index is 11.9. The van der Waals surface area contributed by atoms with E-state index in [1.807, 2.05) is 14.0 Å². The van der Waals surface area contributed by atoms with E-state index in [9.17, 15) is 4.79 Å². The second-order valence-electron chi connectivity index (χ2n) is 7.11. The number of piperazine rings is 1. The molecule has 1 unspecified atom stereocenters. The predicted octanol–water partition coefficient (Wildman–Crippen LogP) is 0.393. The lowest BCUT2D eigenvalue weighted by molar-refractivity contribution is -0.122. The van der Waals surface area contributed by atoms with Crippen molar-refractivity contribution in [2.24, 2.45) is 10.9 Å². The molecule has 1 aliphatic rings. The van der Waals surface area contributed by atoms with Crippen molar-refractivity contribution in [1.82, 2.24) is 20.4 Å². The lowest BCUT2D eigenvalue weighted by atomic mass is 10.0. The summed E-state index contributed by atoms with van der Waals surface area (Å²) in [4.78, 5) is 20.7. The number of ether oxygens (including phenoxy) is 2. The third-order valence-corrected chi connectivity index (χ3v) is 4.72. The van der Waals surface area contributed by atoms with Crippen LogP contribution < -0.4 is 10.6 Å². The van der Waals surface area contributed by atoms with Crippen LogP contribution in [0.3, 0.4) is 0 Å². The van der Waals surface area contributed by atoms with Gasteiger partial charge in [0.15, 0.2) is 5.96 Å². The Balaban J connectivity index is 2.31. The van der Waals surface area contributed by atoms with E-state index in [-0.39, 0.29) is 12.0 Å². The minimum atomic E-state index is 0.0543. The number of hydrogen-bond acceptors (Lipinski definition) is 5. The second-order valence-corrected chi connectivity index (χ2v) is 7.11. The molecule has 0 saturated carbocycles. The Hall–Kier alpha value is -1.38. The van der Waals surface area contributed by atoms with Crippen molar-refractivity contribution in [3.05, 3.63) is 0 Å². The summed E-state index contributed by atoms with van der Waals surface area (Å²) >= 11 is 0. The molecule has 0 aromatic rings. The van der Waals surface area contributed by atoms with Crippen LogP contribution in [0, 0.1) is 5.92 Å². The van der Waals surface area contributed by atoms with E-state index in [4.69, 9.17) is 9.47 Å². The highest BCUT2D eigenvalue weighted by atomic mass is 16.5. The number of nitrogens with zero attached hydrogens (tertiary/aromatic N) is 3. The molecule has 0 radical (unpaired) electrons. The van der Waals surface area contributed by atoms with Gasteiger partial charge >= 0.3 is 0 Å². The van der Waals surface area contributed by atoms with Crippen LogP contribution >= 0.6 is 0 Å². The molecule has 8 nitrogen and oxygen atoms in total. The van der Waals surface area contributed by atoms with Gasteiger partial charge in [-0.05, 0) is 19.3 Å². The van der Waals surface area contributed by atoms with E-state index in [0.717, 1.165) is 51.7 Å². The lowest BCUT2D eigenvalue weighted by Crippen LogP contribution is -2.54. The third kappa shape index (κ3) is 9.39. The second kappa shape index (κ2) is 13.7. The zero-order valence-corrected chi connectivity index (χ0v) is 17.8. The first-order chi connectivity index (χ1) is 13.0. The van der Waals surface area contributed by atoms with Crippen LogP contribution in [-0.4, -0.2) is 101 Å². The Labute approximate surface area is 164 Å². The molecule has 8 heteroatoms. The minimum absolute atomic E-state index is 0.0543. The molecule has 0 aliphatic carbocycles. The molecule has 2 N–H and O–H groups in total. The first-order valence-electron chi connectivity index (χ1n) is 10.1. The topological polar surface area (TPSA) is 78.4 Å². The summed E-state index contributed by atoms with van der Waals surface area (Å²) in [6.45, 7) is 13.0. The number of nitrogens with one attached hydrogen (secondary N) is 2. The Bertz CT molecular complexity index is 437. The van der Waals surface area contributed by atoms with E-state index in [2.05, 4.69) is 39.3 Å². The van der Waals surface area contributed by atoms with Crippen molar-refractivity contribution >= 4 is 11.9 Å². The molecule has 1 amide bonds. The molecule has 1 saturated heterocycles. The zero-order chi connectivity index (χ0) is 20.1. The summed E-state index contributed by atoms with van der Waals surface area (Å²) in [5.74, 6) is 1.49. The van der Waals surface area contributed by atoms with Gasteiger partial charge in [-0.2, -0.15) is 0 Å². The molecule has 1 aliphatic heterocycles. The Morgan fingerprint density at radius 1 is 1.15 bits per heavy atom. The number of rotatable bonds is 11. The monoisotopic (exact) mass is 385 g/mol. The first kappa shape index (κ1) is 23.7. The van der Waals surface area contributed by atoms with Gasteiger partial charge in [-0.1, -0.05) is 13.8 Å². The fourth-order valence-electron chi connectivity index (χ4n) is 3.15. The van der Waals surface area contributed by atoms with E-state index >= 15 is 0 Å². The number of hydrogen-bond donors (Lipinski definition) is 2. The number of guanidine groups is 1. The van der Waals surface area contributed by atoms with E-state index < -0.39 is 0 Å². The molecular weight excluding hydrogens is 346 g/mol. The van der Waals surface area contributed by atoms with Gasteiger partial charge in [0.2, 0.25) is 5.91 Å². The van der Waals surface area contributed by atoms with Crippen LogP contribution in [0.1, 0.15) is 27.2 Å². The number of carbonyl (C=O) groups is 1. The summed E-state index contributed by atoms with van der Waals surface area (Å²) in [6.07, 6.45) is 1.24. The van der Waals surface area contributed by atoms with Crippen LogP contribution in [0.4, 0.5) is 0 Å². The van der Waals surface area contributed by atoms with Crippen molar-refractivity contribution in [3.63, 3.8) is 0 Å². The van der Waals surface area contributed by atoms with Crippen molar-refractivity contribution in [3.8, 4) is 0 Å². The van der Waals surface area contributed by atoms with E-state index in [1.54, 1.807) is 7.11 Å². The average Bonchev–Trinajstić information content (AvgIpc) is 2.65. The summed E-state index contributed by atoms with van der Waals surface area (Å²) in [6, 6.07) is 0. The molecule has 1 atom stereocenters. The minimum Gasteiger partial charge on any atom is -0.383 e. The third-order valence-electron chi connectivity index (χ3n) is 4.72. The van der Waals surface area contributed by atoms with Crippen molar-refractivity contribution < 1.29 is 14.3 Å². The number of amides is 1. The van der Waals surface area contributed by atoms with E-state index in [0.29, 0.717) is 25.6 Å². The molecule has 0 aromatic carbocycles. The normalized spacial score (nSPS) is 17.3. The molecular formula is C19H39N5O3. The average molecular weight is 386 g/mol. The van der Waals surface area contributed by atoms with Crippen molar-refractivity contribution in [2.75, 3.05) is 73.2 Å². The molecule has 1 heterocycles. The standard InChI is InChI=1S/C19H39N5O3/c1-6-27-17(16(2)3)7-8-22-19(20-4)24-12-10-23(11-13-24)15-18(25)21-9-14-26-5/h16-17H,6-15H2,1-5H3,(H,20,22)(H,21,25). The Morgan fingerprint density at radius 3 is 2.41 bits per heavy atom. The summed E-state index contributed by atoms with van der Waals surface area (Å²) in [5, 5.41) is 6.32. The van der Waals surface area contributed by atoms with Gasteiger partial charge in [-0.25, -0.2) is 0 Å². The molecule has 158 valence electrons. The van der Waals surface area contributed by atoms with Crippen LogP contribution in [0.2, 0.25) is 0 Å². The van der Waals surface area contributed by atoms with Gasteiger partial charge in [0.05, 0.1) is 19.3 Å². The van der Waals surface area contributed by atoms with Gasteiger partial charge in [0, 0.05) is 60.0 Å². The van der Waals surface area contributed by atoms with Gasteiger partial charge in [-0.3, -0.25) is 14.7 Å². The molecule has 1 rings (SSSR count). The Morgan fingerprint density at radius 2 is 1.85 bits per heavy atom. The molecule has 0 bridgehead atoms. The van der Waals surface area contributed by atoms with Crippen molar-refractivity contribution in [2.45, 2.75) is 33.3 Å². The fourth-order valence-corrected chi connectivity index (χ4v) is 3.15. The number of methoxy groups -OCH3 is 1. The maximum Gasteiger partial charge on any atom is 0.234 e. The number of carbonyl (C=O) groups excluding carboxylic acids is 1. The quantitative estimate of drug-likeness (QED) is 0.304. The highest BCUT2D eigenvalue weighted by molar-refractivity contribution is 5.80.